The smallest absolute Gasteiger partial charge is 0.230 e. The third-order valence-corrected chi connectivity index (χ3v) is 5.43. The molecule has 4 rings (SSSR count). The van der Waals surface area contributed by atoms with E-state index in [0.29, 0.717) is 24.3 Å². The molecule has 0 radical (unpaired) electrons. The van der Waals surface area contributed by atoms with Crippen molar-refractivity contribution in [1.29, 1.82) is 0 Å². The Morgan fingerprint density at radius 3 is 2.62 bits per heavy atom. The Labute approximate surface area is 146 Å². The van der Waals surface area contributed by atoms with Gasteiger partial charge in [-0.3, -0.25) is 4.79 Å². The minimum Gasteiger partial charge on any atom is -0.351 e. The van der Waals surface area contributed by atoms with Gasteiger partial charge in [0.1, 0.15) is 5.82 Å². The van der Waals surface area contributed by atoms with Crippen molar-refractivity contribution in [2.24, 2.45) is 0 Å². The summed E-state index contributed by atoms with van der Waals surface area (Å²) < 4.78 is 2.29. The minimum absolute atomic E-state index is 0.0406. The number of nitrogens with one attached hydrogen (secondary N) is 1. The van der Waals surface area contributed by atoms with Gasteiger partial charge >= 0.3 is 0 Å². The van der Waals surface area contributed by atoms with Crippen LogP contribution in [0.2, 0.25) is 0 Å². The Bertz CT molecular complexity index is 732. The van der Waals surface area contributed by atoms with Gasteiger partial charge in [-0.2, -0.15) is 0 Å². The molecule has 1 aromatic heterocycles. The monoisotopic (exact) mass is 342 g/mol. The van der Waals surface area contributed by atoms with Gasteiger partial charge in [0.05, 0.1) is 5.75 Å². The van der Waals surface area contributed by atoms with Crippen LogP contribution in [0.4, 0.5) is 0 Å². The molecular formula is C18H22N4OS. The Morgan fingerprint density at radius 2 is 1.96 bits per heavy atom. The molecule has 0 unspecified atom stereocenters. The molecule has 2 aliphatic rings. The summed E-state index contributed by atoms with van der Waals surface area (Å²) in [6.45, 7) is 2.63. The summed E-state index contributed by atoms with van der Waals surface area (Å²) in [6, 6.07) is 8.79. The number of carbonyl (C=O) groups excluding carboxylic acids is 1. The molecule has 2 aliphatic carbocycles. The number of amides is 1. The molecule has 0 spiro atoms. The first-order chi connectivity index (χ1) is 11.7. The minimum atomic E-state index is 0.0406. The SMILES string of the molecule is Cc1ccc(CNC(=O)CSc2nnc(C3CC3)n2C2CC2)cc1. The van der Waals surface area contributed by atoms with Gasteiger partial charge in [0.25, 0.3) is 0 Å². The quantitative estimate of drug-likeness (QED) is 0.785. The molecule has 6 heteroatoms. The summed E-state index contributed by atoms with van der Waals surface area (Å²) in [6.07, 6.45) is 4.88. The molecule has 24 heavy (non-hydrogen) atoms. The molecule has 126 valence electrons. The molecule has 0 saturated heterocycles. The number of aromatic nitrogens is 3. The van der Waals surface area contributed by atoms with Gasteiger partial charge in [-0.1, -0.05) is 41.6 Å². The fraction of sp³-hybridized carbons (Fsp3) is 0.500. The lowest BCUT2D eigenvalue weighted by molar-refractivity contribution is -0.118. The van der Waals surface area contributed by atoms with Crippen LogP contribution in [-0.2, 0) is 11.3 Å². The molecule has 1 amide bonds. The number of hydrogen-bond donors (Lipinski definition) is 1. The number of thioether (sulfide) groups is 1. The van der Waals surface area contributed by atoms with Crippen LogP contribution < -0.4 is 5.32 Å². The van der Waals surface area contributed by atoms with E-state index in [1.807, 2.05) is 12.1 Å². The first-order valence-electron chi connectivity index (χ1n) is 8.60. The van der Waals surface area contributed by atoms with Crippen molar-refractivity contribution in [2.45, 2.75) is 56.3 Å². The van der Waals surface area contributed by atoms with Crippen LogP contribution >= 0.6 is 11.8 Å². The molecule has 5 nitrogen and oxygen atoms in total. The summed E-state index contributed by atoms with van der Waals surface area (Å²) in [5.41, 5.74) is 2.35. The van der Waals surface area contributed by atoms with Crippen LogP contribution in [-0.4, -0.2) is 26.4 Å². The van der Waals surface area contributed by atoms with Crippen molar-refractivity contribution in [3.8, 4) is 0 Å². The normalized spacial score (nSPS) is 17.0. The highest BCUT2D eigenvalue weighted by Crippen LogP contribution is 2.45. The zero-order chi connectivity index (χ0) is 16.5. The van der Waals surface area contributed by atoms with Crippen LogP contribution in [0.1, 0.15) is 54.6 Å². The Morgan fingerprint density at radius 1 is 1.21 bits per heavy atom. The lowest BCUT2D eigenvalue weighted by Gasteiger charge is -2.08. The lowest BCUT2D eigenvalue weighted by atomic mass is 10.1. The third kappa shape index (κ3) is 3.64. The van der Waals surface area contributed by atoms with Crippen molar-refractivity contribution in [1.82, 2.24) is 20.1 Å². The summed E-state index contributed by atoms with van der Waals surface area (Å²) in [5.74, 6) is 2.17. The average Bonchev–Trinajstić information content (AvgIpc) is 3.51. The van der Waals surface area contributed by atoms with Crippen molar-refractivity contribution >= 4 is 17.7 Å². The summed E-state index contributed by atoms with van der Waals surface area (Å²) in [5, 5.41) is 12.6. The van der Waals surface area contributed by atoms with Gasteiger partial charge in [-0.15, -0.1) is 10.2 Å². The number of aryl methyl sites for hydroxylation is 1. The predicted molar refractivity (Wildman–Crippen MR) is 94.0 cm³/mol. The largest absolute Gasteiger partial charge is 0.351 e. The fourth-order valence-electron chi connectivity index (χ4n) is 2.77. The van der Waals surface area contributed by atoms with E-state index >= 15 is 0 Å². The van der Waals surface area contributed by atoms with E-state index in [1.165, 1.54) is 43.0 Å². The Balaban J connectivity index is 1.31. The van der Waals surface area contributed by atoms with E-state index < -0.39 is 0 Å². The first-order valence-corrected chi connectivity index (χ1v) is 9.59. The second-order valence-electron chi connectivity index (χ2n) is 6.77. The zero-order valence-electron chi connectivity index (χ0n) is 13.9. The molecule has 1 aromatic carbocycles. The van der Waals surface area contributed by atoms with Crippen molar-refractivity contribution in [3.63, 3.8) is 0 Å². The lowest BCUT2D eigenvalue weighted by Crippen LogP contribution is -2.24. The molecule has 2 saturated carbocycles. The molecule has 2 fully saturated rings. The molecular weight excluding hydrogens is 320 g/mol. The second kappa shape index (κ2) is 6.59. The van der Waals surface area contributed by atoms with Gasteiger partial charge < -0.3 is 9.88 Å². The number of benzene rings is 1. The van der Waals surface area contributed by atoms with Crippen LogP contribution in [0.5, 0.6) is 0 Å². The van der Waals surface area contributed by atoms with Crippen molar-refractivity contribution in [3.05, 3.63) is 41.2 Å². The van der Waals surface area contributed by atoms with Gasteiger partial charge in [0.2, 0.25) is 5.91 Å². The van der Waals surface area contributed by atoms with Crippen molar-refractivity contribution < 1.29 is 4.79 Å². The van der Waals surface area contributed by atoms with E-state index in [9.17, 15) is 4.79 Å². The van der Waals surface area contributed by atoms with E-state index in [4.69, 9.17) is 0 Å². The molecule has 2 aromatic rings. The summed E-state index contributed by atoms with van der Waals surface area (Å²) in [7, 11) is 0. The summed E-state index contributed by atoms with van der Waals surface area (Å²) >= 11 is 1.50. The van der Waals surface area contributed by atoms with Gasteiger partial charge in [0, 0.05) is 18.5 Å². The second-order valence-corrected chi connectivity index (χ2v) is 7.71. The maximum Gasteiger partial charge on any atom is 0.230 e. The van der Waals surface area contributed by atoms with Crippen molar-refractivity contribution in [2.75, 3.05) is 5.75 Å². The van der Waals surface area contributed by atoms with Crippen LogP contribution in [0.15, 0.2) is 29.4 Å². The molecule has 1 heterocycles. The topological polar surface area (TPSA) is 59.8 Å². The maximum atomic E-state index is 12.1. The maximum absolute atomic E-state index is 12.1. The Hall–Kier alpha value is -1.82. The summed E-state index contributed by atoms with van der Waals surface area (Å²) in [4.78, 5) is 12.1. The molecule has 0 aliphatic heterocycles. The number of nitrogens with zero attached hydrogens (tertiary/aromatic N) is 3. The number of hydrogen-bond acceptors (Lipinski definition) is 4. The van der Waals surface area contributed by atoms with Crippen LogP contribution in [0.3, 0.4) is 0 Å². The fourth-order valence-corrected chi connectivity index (χ4v) is 3.61. The zero-order valence-corrected chi connectivity index (χ0v) is 14.7. The highest BCUT2D eigenvalue weighted by Gasteiger charge is 2.36. The van der Waals surface area contributed by atoms with Crippen LogP contribution in [0, 0.1) is 6.92 Å². The Kier molecular flexibility index (Phi) is 4.31. The van der Waals surface area contributed by atoms with E-state index in [2.05, 4.69) is 39.1 Å². The average molecular weight is 342 g/mol. The molecule has 0 bridgehead atoms. The third-order valence-electron chi connectivity index (χ3n) is 4.49. The van der Waals surface area contributed by atoms with Crippen LogP contribution in [0.25, 0.3) is 0 Å². The van der Waals surface area contributed by atoms with Gasteiger partial charge in [-0.05, 0) is 38.2 Å². The predicted octanol–water partition coefficient (Wildman–Crippen LogP) is 3.21. The number of rotatable bonds is 7. The highest BCUT2D eigenvalue weighted by atomic mass is 32.2. The number of carbonyl (C=O) groups is 1. The van der Waals surface area contributed by atoms with Gasteiger partial charge in [-0.25, -0.2) is 0 Å². The van der Waals surface area contributed by atoms with Gasteiger partial charge in [0.15, 0.2) is 5.16 Å². The highest BCUT2D eigenvalue weighted by molar-refractivity contribution is 7.99. The van der Waals surface area contributed by atoms with E-state index in [1.54, 1.807) is 0 Å². The standard InChI is InChI=1S/C18H22N4OS/c1-12-2-4-13(5-3-12)10-19-16(23)11-24-18-21-20-17(14-6-7-14)22(18)15-8-9-15/h2-5,14-15H,6-11H2,1H3,(H,19,23). The molecule has 0 atom stereocenters. The molecule has 1 N–H and O–H groups in total. The van der Waals surface area contributed by atoms with E-state index in [-0.39, 0.29) is 5.91 Å². The van der Waals surface area contributed by atoms with E-state index in [0.717, 1.165) is 16.5 Å². The first kappa shape index (κ1) is 15.7.